The molecule has 3 aromatic carbocycles. The van der Waals surface area contributed by atoms with Crippen LogP contribution in [0.4, 0.5) is 8.78 Å². The Bertz CT molecular complexity index is 1350. The van der Waals surface area contributed by atoms with Gasteiger partial charge < -0.3 is 15.2 Å². The molecule has 1 aliphatic rings. The summed E-state index contributed by atoms with van der Waals surface area (Å²) in [6, 6.07) is 14.7. The number of methoxy groups -OCH3 is 1. The van der Waals surface area contributed by atoms with Gasteiger partial charge in [-0.25, -0.2) is 18.4 Å². The van der Waals surface area contributed by atoms with E-state index in [1.54, 1.807) is 18.2 Å². The molecule has 184 valence electrons. The standard InChI is InChI=1S/C28H23F2NO5/c1-36-28(35)25-21(3-2-4-23(25)29)19-11-12-20(24(30)14-19)15-31-26(32)22-13-18(22)10-7-16-5-8-17(9-6-16)27(33)34/h2-12,14,18,22H,13,15H2,1H3,(H,31,32)(H,33,34)/b10-7-. The summed E-state index contributed by atoms with van der Waals surface area (Å²) in [6.07, 6.45) is 4.43. The van der Waals surface area contributed by atoms with Crippen LogP contribution >= 0.6 is 0 Å². The normalized spacial score (nSPS) is 16.5. The molecule has 1 fully saturated rings. The summed E-state index contributed by atoms with van der Waals surface area (Å²) in [4.78, 5) is 35.4. The van der Waals surface area contributed by atoms with Crippen molar-refractivity contribution in [2.75, 3.05) is 7.11 Å². The molecule has 3 aromatic rings. The minimum atomic E-state index is -0.990. The SMILES string of the molecule is COC(=O)c1c(F)cccc1-c1ccc(CNC(=O)C2CC2/C=C\c2ccc(C(=O)O)cc2)c(F)c1. The third kappa shape index (κ3) is 5.49. The van der Waals surface area contributed by atoms with E-state index in [2.05, 4.69) is 10.1 Å². The zero-order chi connectivity index (χ0) is 25.8. The van der Waals surface area contributed by atoms with Gasteiger partial charge in [-0.05, 0) is 53.3 Å². The first-order valence-electron chi connectivity index (χ1n) is 11.2. The van der Waals surface area contributed by atoms with Gasteiger partial charge in [0.2, 0.25) is 5.91 Å². The summed E-state index contributed by atoms with van der Waals surface area (Å²) in [5.41, 5.74) is 1.55. The van der Waals surface area contributed by atoms with Gasteiger partial charge in [0, 0.05) is 18.0 Å². The first kappa shape index (κ1) is 24.8. The average Bonchev–Trinajstić information content (AvgIpc) is 3.66. The monoisotopic (exact) mass is 491 g/mol. The number of ether oxygens (including phenoxy) is 1. The van der Waals surface area contributed by atoms with Crippen LogP contribution in [0.2, 0.25) is 0 Å². The van der Waals surface area contributed by atoms with Gasteiger partial charge in [-0.15, -0.1) is 0 Å². The first-order valence-corrected chi connectivity index (χ1v) is 11.2. The summed E-state index contributed by atoms with van der Waals surface area (Å²) in [5.74, 6) is -3.54. The lowest BCUT2D eigenvalue weighted by Crippen LogP contribution is -2.25. The number of aromatic carboxylic acids is 1. The highest BCUT2D eigenvalue weighted by atomic mass is 19.1. The van der Waals surface area contributed by atoms with Crippen LogP contribution in [0.3, 0.4) is 0 Å². The average molecular weight is 491 g/mol. The van der Waals surface area contributed by atoms with E-state index in [1.165, 1.54) is 36.4 Å². The van der Waals surface area contributed by atoms with Crippen LogP contribution in [-0.2, 0) is 16.1 Å². The summed E-state index contributed by atoms with van der Waals surface area (Å²) in [6.45, 7) is -0.0124. The summed E-state index contributed by atoms with van der Waals surface area (Å²) >= 11 is 0. The fourth-order valence-corrected chi connectivity index (χ4v) is 3.95. The second kappa shape index (κ2) is 10.5. The number of hydrogen-bond acceptors (Lipinski definition) is 4. The highest BCUT2D eigenvalue weighted by Crippen LogP contribution is 2.40. The van der Waals surface area contributed by atoms with Gasteiger partial charge in [0.05, 0.1) is 12.7 Å². The van der Waals surface area contributed by atoms with Crippen molar-refractivity contribution in [3.05, 3.63) is 101 Å². The molecule has 1 aliphatic carbocycles. The number of benzene rings is 3. The molecular weight excluding hydrogens is 468 g/mol. The van der Waals surface area contributed by atoms with Crippen LogP contribution in [0, 0.1) is 23.5 Å². The molecule has 4 rings (SSSR count). The minimum absolute atomic E-state index is 0.0124. The van der Waals surface area contributed by atoms with Crippen LogP contribution in [0.15, 0.2) is 66.7 Å². The molecule has 6 nitrogen and oxygen atoms in total. The van der Waals surface area contributed by atoms with Crippen molar-refractivity contribution in [1.29, 1.82) is 0 Å². The van der Waals surface area contributed by atoms with Gasteiger partial charge in [-0.1, -0.05) is 48.6 Å². The smallest absolute Gasteiger partial charge is 0.341 e. The van der Waals surface area contributed by atoms with Gasteiger partial charge >= 0.3 is 11.9 Å². The number of amides is 1. The third-order valence-corrected chi connectivity index (χ3v) is 6.09. The maximum Gasteiger partial charge on any atom is 0.341 e. The topological polar surface area (TPSA) is 92.7 Å². The molecule has 1 saturated carbocycles. The summed E-state index contributed by atoms with van der Waals surface area (Å²) in [5, 5.41) is 11.7. The molecule has 0 aromatic heterocycles. The number of carbonyl (C=O) groups excluding carboxylic acids is 2. The zero-order valence-corrected chi connectivity index (χ0v) is 19.3. The van der Waals surface area contributed by atoms with E-state index in [0.29, 0.717) is 12.0 Å². The quantitative estimate of drug-likeness (QED) is 0.429. The largest absolute Gasteiger partial charge is 0.478 e. The van der Waals surface area contributed by atoms with E-state index >= 15 is 0 Å². The van der Waals surface area contributed by atoms with E-state index in [-0.39, 0.29) is 46.5 Å². The predicted molar refractivity (Wildman–Crippen MR) is 129 cm³/mol. The van der Waals surface area contributed by atoms with Crippen molar-refractivity contribution in [2.24, 2.45) is 11.8 Å². The van der Waals surface area contributed by atoms with E-state index in [0.717, 1.165) is 18.7 Å². The van der Waals surface area contributed by atoms with Crippen molar-refractivity contribution in [3.63, 3.8) is 0 Å². The zero-order valence-electron chi connectivity index (χ0n) is 19.3. The summed E-state index contributed by atoms with van der Waals surface area (Å²) < 4.78 is 33.6. The second-order valence-corrected chi connectivity index (χ2v) is 8.47. The molecule has 2 unspecified atom stereocenters. The van der Waals surface area contributed by atoms with Gasteiger partial charge in [0.1, 0.15) is 17.2 Å². The molecule has 1 amide bonds. The van der Waals surface area contributed by atoms with Crippen LogP contribution in [-0.4, -0.2) is 30.1 Å². The molecule has 36 heavy (non-hydrogen) atoms. The van der Waals surface area contributed by atoms with Crippen molar-refractivity contribution < 1.29 is 33.0 Å². The van der Waals surface area contributed by atoms with Crippen molar-refractivity contribution >= 4 is 23.9 Å². The fraction of sp³-hybridized carbons (Fsp3) is 0.179. The molecule has 0 bridgehead atoms. The van der Waals surface area contributed by atoms with Crippen LogP contribution in [0.5, 0.6) is 0 Å². The van der Waals surface area contributed by atoms with Crippen molar-refractivity contribution in [2.45, 2.75) is 13.0 Å². The van der Waals surface area contributed by atoms with E-state index < -0.39 is 23.6 Å². The Balaban J connectivity index is 1.36. The number of esters is 1. The molecule has 2 atom stereocenters. The summed E-state index contributed by atoms with van der Waals surface area (Å²) in [7, 11) is 1.14. The van der Waals surface area contributed by atoms with E-state index in [9.17, 15) is 23.2 Å². The highest BCUT2D eigenvalue weighted by Gasteiger charge is 2.40. The fourth-order valence-electron chi connectivity index (χ4n) is 3.95. The number of rotatable bonds is 8. The Morgan fingerprint density at radius 2 is 1.81 bits per heavy atom. The van der Waals surface area contributed by atoms with Crippen LogP contribution < -0.4 is 5.32 Å². The lowest BCUT2D eigenvalue weighted by Gasteiger charge is -2.11. The molecule has 0 heterocycles. The van der Waals surface area contributed by atoms with Crippen LogP contribution in [0.1, 0.15) is 38.3 Å². The molecule has 8 heteroatoms. The number of carbonyl (C=O) groups is 3. The Morgan fingerprint density at radius 1 is 1.06 bits per heavy atom. The maximum absolute atomic E-state index is 14.8. The molecular formula is C28H23F2NO5. The van der Waals surface area contributed by atoms with Gasteiger partial charge in [-0.3, -0.25) is 4.79 Å². The Labute approximate surface area is 206 Å². The number of carboxylic acids is 1. The molecule has 0 aliphatic heterocycles. The van der Waals surface area contributed by atoms with Crippen molar-refractivity contribution in [1.82, 2.24) is 5.32 Å². The first-order chi connectivity index (χ1) is 17.3. The van der Waals surface area contributed by atoms with E-state index in [1.807, 2.05) is 12.2 Å². The highest BCUT2D eigenvalue weighted by molar-refractivity contribution is 5.97. The lowest BCUT2D eigenvalue weighted by molar-refractivity contribution is -0.122. The molecule has 0 radical (unpaired) electrons. The number of carboxylic acid groups (broad SMARTS) is 1. The Hall–Kier alpha value is -4.33. The van der Waals surface area contributed by atoms with Gasteiger partial charge in [-0.2, -0.15) is 0 Å². The van der Waals surface area contributed by atoms with Crippen LogP contribution in [0.25, 0.3) is 17.2 Å². The van der Waals surface area contributed by atoms with Gasteiger partial charge in [0.15, 0.2) is 0 Å². The predicted octanol–water partition coefficient (Wildman–Crippen LogP) is 5.08. The number of nitrogens with one attached hydrogen (secondary N) is 1. The maximum atomic E-state index is 14.8. The number of halogens is 2. The Kier molecular flexibility index (Phi) is 7.24. The molecule has 0 spiro atoms. The van der Waals surface area contributed by atoms with E-state index in [4.69, 9.17) is 5.11 Å². The number of allylic oxidation sites excluding steroid dienone is 1. The molecule has 0 saturated heterocycles. The number of hydrogen-bond donors (Lipinski definition) is 2. The third-order valence-electron chi connectivity index (χ3n) is 6.09. The van der Waals surface area contributed by atoms with Crippen molar-refractivity contribution in [3.8, 4) is 11.1 Å². The van der Waals surface area contributed by atoms with Gasteiger partial charge in [0.25, 0.3) is 0 Å². The second-order valence-electron chi connectivity index (χ2n) is 8.47. The Morgan fingerprint density at radius 3 is 2.47 bits per heavy atom. The lowest BCUT2D eigenvalue weighted by atomic mass is 9.98. The minimum Gasteiger partial charge on any atom is -0.478 e. The molecule has 2 N–H and O–H groups in total.